The minimum Gasteiger partial charge on any atom is -0.497 e. The topological polar surface area (TPSA) is 96.9 Å². The van der Waals surface area contributed by atoms with Crippen LogP contribution in [-0.4, -0.2) is 24.1 Å². The zero-order valence-electron chi connectivity index (χ0n) is 10.7. The van der Waals surface area contributed by atoms with Gasteiger partial charge < -0.3 is 21.0 Å². The van der Waals surface area contributed by atoms with Crippen molar-refractivity contribution in [3.8, 4) is 5.75 Å². The summed E-state index contributed by atoms with van der Waals surface area (Å²) < 4.78 is 5.80. The highest BCUT2D eigenvalue weighted by Gasteiger charge is 2.22. The van der Waals surface area contributed by atoms with Crippen LogP contribution in [0.15, 0.2) is 27.8 Å². The van der Waals surface area contributed by atoms with E-state index in [9.17, 15) is 4.79 Å². The molecule has 0 aliphatic carbocycles. The Morgan fingerprint density at radius 3 is 2.84 bits per heavy atom. The molecular weight excluding hydrogens is 314 g/mol. The van der Waals surface area contributed by atoms with Crippen molar-refractivity contribution < 1.29 is 14.7 Å². The van der Waals surface area contributed by atoms with Crippen molar-refractivity contribution >= 4 is 33.4 Å². The number of amidine groups is 1. The van der Waals surface area contributed by atoms with Gasteiger partial charge in [0, 0.05) is 10.5 Å². The first kappa shape index (κ1) is 15.3. The first-order valence-electron chi connectivity index (χ1n) is 5.65. The summed E-state index contributed by atoms with van der Waals surface area (Å²) >= 11 is 3.33. The van der Waals surface area contributed by atoms with Crippen molar-refractivity contribution in [3.05, 3.63) is 22.7 Å². The molecule has 1 aromatic rings. The molecule has 0 aliphatic heterocycles. The van der Waals surface area contributed by atoms with E-state index in [-0.39, 0.29) is 11.7 Å². The number of benzene rings is 1. The van der Waals surface area contributed by atoms with E-state index in [1.807, 2.05) is 0 Å². The number of nitrogens with two attached hydrogens (primary N) is 1. The predicted molar refractivity (Wildman–Crippen MR) is 76.5 cm³/mol. The second-order valence-electron chi connectivity index (χ2n) is 3.82. The molecule has 0 aromatic heterocycles. The molecule has 0 saturated heterocycles. The monoisotopic (exact) mass is 329 g/mol. The molecule has 6 nitrogen and oxygen atoms in total. The molecule has 0 radical (unpaired) electrons. The average molecular weight is 330 g/mol. The molecule has 104 valence electrons. The third kappa shape index (κ3) is 3.85. The van der Waals surface area contributed by atoms with Crippen LogP contribution in [0, 0.1) is 5.92 Å². The largest absolute Gasteiger partial charge is 0.497 e. The molecule has 1 rings (SSSR count). The number of carbonyl (C=O) groups is 1. The second kappa shape index (κ2) is 6.98. The predicted octanol–water partition coefficient (Wildman–Crippen LogP) is 2.17. The van der Waals surface area contributed by atoms with Crippen molar-refractivity contribution in [2.75, 3.05) is 12.4 Å². The zero-order chi connectivity index (χ0) is 14.4. The lowest BCUT2D eigenvalue weighted by molar-refractivity contribution is -0.118. The maximum Gasteiger partial charge on any atom is 0.235 e. The van der Waals surface area contributed by atoms with Crippen molar-refractivity contribution in [2.45, 2.75) is 13.3 Å². The molecule has 19 heavy (non-hydrogen) atoms. The Hall–Kier alpha value is -1.76. The summed E-state index contributed by atoms with van der Waals surface area (Å²) in [4.78, 5) is 12.1. The van der Waals surface area contributed by atoms with E-state index in [1.165, 1.54) is 0 Å². The second-order valence-corrected chi connectivity index (χ2v) is 4.68. The molecule has 0 aliphatic rings. The number of ether oxygens (including phenoxy) is 1. The van der Waals surface area contributed by atoms with Crippen LogP contribution in [0.4, 0.5) is 5.69 Å². The van der Waals surface area contributed by atoms with Gasteiger partial charge in [-0.05, 0) is 34.5 Å². The van der Waals surface area contributed by atoms with Crippen LogP contribution >= 0.6 is 15.9 Å². The first-order chi connectivity index (χ1) is 9.03. The van der Waals surface area contributed by atoms with Gasteiger partial charge >= 0.3 is 0 Å². The van der Waals surface area contributed by atoms with Crippen LogP contribution in [0.5, 0.6) is 5.75 Å². The fraction of sp³-hybridized carbons (Fsp3) is 0.333. The van der Waals surface area contributed by atoms with E-state index >= 15 is 0 Å². The number of nitrogens with zero attached hydrogens (tertiary/aromatic N) is 1. The van der Waals surface area contributed by atoms with Gasteiger partial charge in [-0.25, -0.2) is 0 Å². The number of rotatable bonds is 5. The van der Waals surface area contributed by atoms with Crippen LogP contribution in [0.3, 0.4) is 0 Å². The summed E-state index contributed by atoms with van der Waals surface area (Å²) in [5.74, 6) is -0.510. The fourth-order valence-electron chi connectivity index (χ4n) is 1.55. The third-order valence-corrected chi connectivity index (χ3v) is 3.32. The van der Waals surface area contributed by atoms with E-state index < -0.39 is 5.92 Å². The molecule has 1 amide bonds. The highest BCUT2D eigenvalue weighted by Crippen LogP contribution is 2.27. The number of halogens is 1. The SMILES string of the molecule is CCC(C(=O)Nc1cc(OC)ccc1Br)C(N)=NO. The lowest BCUT2D eigenvalue weighted by atomic mass is 10.0. The maximum atomic E-state index is 12.1. The molecule has 0 bridgehead atoms. The smallest absolute Gasteiger partial charge is 0.235 e. The number of hydrogen-bond donors (Lipinski definition) is 3. The summed E-state index contributed by atoms with van der Waals surface area (Å²) in [6, 6.07) is 5.21. The van der Waals surface area contributed by atoms with Gasteiger partial charge in [-0.15, -0.1) is 0 Å². The lowest BCUT2D eigenvalue weighted by Gasteiger charge is -2.15. The van der Waals surface area contributed by atoms with Crippen LogP contribution in [0.1, 0.15) is 13.3 Å². The molecule has 1 atom stereocenters. The summed E-state index contributed by atoms with van der Waals surface area (Å²) in [5.41, 5.74) is 6.04. The number of hydrogen-bond acceptors (Lipinski definition) is 4. The number of anilines is 1. The Kier molecular flexibility index (Phi) is 5.62. The summed E-state index contributed by atoms with van der Waals surface area (Å²) in [5, 5.41) is 14.2. The Bertz CT molecular complexity index is 491. The van der Waals surface area contributed by atoms with E-state index in [1.54, 1.807) is 32.2 Å². The molecule has 0 saturated carbocycles. The molecule has 4 N–H and O–H groups in total. The van der Waals surface area contributed by atoms with E-state index in [4.69, 9.17) is 15.7 Å². The maximum absolute atomic E-state index is 12.1. The van der Waals surface area contributed by atoms with Gasteiger partial charge in [0.2, 0.25) is 5.91 Å². The average Bonchev–Trinajstić information content (AvgIpc) is 2.41. The Labute approximate surface area is 119 Å². The quantitative estimate of drug-likeness (QED) is 0.334. The van der Waals surface area contributed by atoms with Crippen LogP contribution in [-0.2, 0) is 4.79 Å². The molecular formula is C12H16BrN3O3. The highest BCUT2D eigenvalue weighted by molar-refractivity contribution is 9.10. The molecule has 0 fully saturated rings. The highest BCUT2D eigenvalue weighted by atomic mass is 79.9. The van der Waals surface area contributed by atoms with E-state index in [2.05, 4.69) is 26.4 Å². The van der Waals surface area contributed by atoms with E-state index in [0.717, 1.165) is 4.47 Å². The summed E-state index contributed by atoms with van der Waals surface area (Å²) in [6.45, 7) is 1.78. The number of nitrogens with one attached hydrogen (secondary N) is 1. The third-order valence-electron chi connectivity index (χ3n) is 2.63. The van der Waals surface area contributed by atoms with Crippen molar-refractivity contribution in [1.29, 1.82) is 0 Å². The summed E-state index contributed by atoms with van der Waals surface area (Å²) in [7, 11) is 1.54. The van der Waals surface area contributed by atoms with E-state index in [0.29, 0.717) is 17.9 Å². The number of amides is 1. The lowest BCUT2D eigenvalue weighted by Crippen LogP contribution is -2.34. The van der Waals surface area contributed by atoms with Crippen molar-refractivity contribution in [3.63, 3.8) is 0 Å². The van der Waals surface area contributed by atoms with Gasteiger partial charge in [0.05, 0.1) is 18.7 Å². The van der Waals surface area contributed by atoms with Crippen molar-refractivity contribution in [1.82, 2.24) is 0 Å². The zero-order valence-corrected chi connectivity index (χ0v) is 12.3. The van der Waals surface area contributed by atoms with Gasteiger partial charge in [-0.1, -0.05) is 12.1 Å². The Balaban J connectivity index is 2.92. The van der Waals surface area contributed by atoms with Gasteiger partial charge in [0.15, 0.2) is 5.84 Å². The van der Waals surface area contributed by atoms with Gasteiger partial charge in [-0.2, -0.15) is 0 Å². The minimum atomic E-state index is -0.678. The Morgan fingerprint density at radius 2 is 2.32 bits per heavy atom. The van der Waals surface area contributed by atoms with Gasteiger partial charge in [0.25, 0.3) is 0 Å². The van der Waals surface area contributed by atoms with Crippen LogP contribution in [0.2, 0.25) is 0 Å². The van der Waals surface area contributed by atoms with Crippen LogP contribution < -0.4 is 15.8 Å². The molecule has 0 heterocycles. The molecule has 1 unspecified atom stereocenters. The van der Waals surface area contributed by atoms with Gasteiger partial charge in [0.1, 0.15) is 5.75 Å². The number of methoxy groups -OCH3 is 1. The normalized spacial score (nSPS) is 12.9. The molecule has 1 aromatic carbocycles. The summed E-state index contributed by atoms with van der Waals surface area (Å²) in [6.07, 6.45) is 0.434. The number of carbonyl (C=O) groups excluding carboxylic acids is 1. The first-order valence-corrected chi connectivity index (χ1v) is 6.44. The van der Waals surface area contributed by atoms with Crippen molar-refractivity contribution in [2.24, 2.45) is 16.8 Å². The molecule has 0 spiro atoms. The fourth-order valence-corrected chi connectivity index (χ4v) is 1.89. The van der Waals surface area contributed by atoms with Crippen LogP contribution in [0.25, 0.3) is 0 Å². The van der Waals surface area contributed by atoms with Gasteiger partial charge in [-0.3, -0.25) is 4.79 Å². The minimum absolute atomic E-state index is 0.112. The number of oxime groups is 1. The molecule has 7 heteroatoms. The standard InChI is InChI=1S/C12H16BrN3O3/c1-3-8(11(14)16-18)12(17)15-10-6-7(19-2)4-5-9(10)13/h4-6,8,18H,3H2,1-2H3,(H2,14,16)(H,15,17). The Morgan fingerprint density at radius 1 is 1.63 bits per heavy atom.